The Morgan fingerprint density at radius 1 is 1.40 bits per heavy atom. The zero-order valence-electron chi connectivity index (χ0n) is 10.2. The van der Waals surface area contributed by atoms with Gasteiger partial charge in [0.25, 0.3) is 0 Å². The van der Waals surface area contributed by atoms with Gasteiger partial charge < -0.3 is 11.1 Å². The minimum Gasteiger partial charge on any atom is -0.388 e. The third-order valence-corrected chi connectivity index (χ3v) is 2.07. The summed E-state index contributed by atoms with van der Waals surface area (Å²) in [6, 6.07) is 0.216. The lowest BCUT2D eigenvalue weighted by Crippen LogP contribution is -2.35. The molecular formula is C11H23N3O. The van der Waals surface area contributed by atoms with Crippen molar-refractivity contribution >= 4 is 11.7 Å². The molecule has 0 heterocycles. The fraction of sp³-hybridized carbons (Fsp3) is 0.818. The second-order valence-corrected chi connectivity index (χ2v) is 4.23. The number of nitrogens with two attached hydrogens (primary N) is 1. The zero-order chi connectivity index (χ0) is 11.8. The number of amidine groups is 1. The van der Waals surface area contributed by atoms with Crippen LogP contribution in [0.15, 0.2) is 4.99 Å². The molecule has 15 heavy (non-hydrogen) atoms. The van der Waals surface area contributed by atoms with E-state index in [4.69, 9.17) is 5.73 Å². The SMILES string of the molecule is CC(N)=NCCCC(C)NC(=O)C(C)C. The highest BCUT2D eigenvalue weighted by Crippen LogP contribution is 1.99. The maximum atomic E-state index is 11.3. The van der Waals surface area contributed by atoms with E-state index in [1.165, 1.54) is 0 Å². The van der Waals surface area contributed by atoms with Gasteiger partial charge in [-0.15, -0.1) is 0 Å². The summed E-state index contributed by atoms with van der Waals surface area (Å²) >= 11 is 0. The topological polar surface area (TPSA) is 67.5 Å². The highest BCUT2D eigenvalue weighted by Gasteiger charge is 2.09. The van der Waals surface area contributed by atoms with Crippen LogP contribution in [0.25, 0.3) is 0 Å². The van der Waals surface area contributed by atoms with Gasteiger partial charge in [0.15, 0.2) is 0 Å². The number of amides is 1. The number of hydrogen-bond acceptors (Lipinski definition) is 2. The molecule has 4 heteroatoms. The minimum atomic E-state index is 0.0526. The molecule has 0 aromatic heterocycles. The van der Waals surface area contributed by atoms with Crippen LogP contribution in [-0.4, -0.2) is 24.3 Å². The second-order valence-electron chi connectivity index (χ2n) is 4.23. The van der Waals surface area contributed by atoms with Gasteiger partial charge in [-0.3, -0.25) is 9.79 Å². The first-order valence-corrected chi connectivity index (χ1v) is 5.50. The van der Waals surface area contributed by atoms with Crippen molar-refractivity contribution < 1.29 is 4.79 Å². The third-order valence-electron chi connectivity index (χ3n) is 2.07. The van der Waals surface area contributed by atoms with Crippen molar-refractivity contribution in [3.8, 4) is 0 Å². The van der Waals surface area contributed by atoms with Gasteiger partial charge in [0.1, 0.15) is 0 Å². The molecule has 1 unspecified atom stereocenters. The molecule has 0 aliphatic rings. The smallest absolute Gasteiger partial charge is 0.222 e. The van der Waals surface area contributed by atoms with Crippen LogP contribution < -0.4 is 11.1 Å². The number of aliphatic imine (C=N–C) groups is 1. The molecule has 0 spiro atoms. The van der Waals surface area contributed by atoms with E-state index >= 15 is 0 Å². The normalized spacial score (nSPS) is 14.1. The Bertz CT molecular complexity index is 220. The van der Waals surface area contributed by atoms with Crippen LogP contribution in [0.4, 0.5) is 0 Å². The lowest BCUT2D eigenvalue weighted by molar-refractivity contribution is -0.124. The predicted octanol–water partition coefficient (Wildman–Crippen LogP) is 1.30. The maximum Gasteiger partial charge on any atom is 0.222 e. The van der Waals surface area contributed by atoms with Crippen LogP contribution in [0.2, 0.25) is 0 Å². The molecule has 0 radical (unpaired) electrons. The van der Waals surface area contributed by atoms with Gasteiger partial charge in [0.05, 0.1) is 5.84 Å². The van der Waals surface area contributed by atoms with E-state index < -0.39 is 0 Å². The highest BCUT2D eigenvalue weighted by atomic mass is 16.1. The average molecular weight is 213 g/mol. The van der Waals surface area contributed by atoms with Crippen LogP contribution in [-0.2, 0) is 4.79 Å². The molecule has 0 aliphatic heterocycles. The molecule has 1 amide bonds. The molecule has 4 nitrogen and oxygen atoms in total. The van der Waals surface area contributed by atoms with Gasteiger partial charge in [-0.25, -0.2) is 0 Å². The van der Waals surface area contributed by atoms with Gasteiger partial charge in [-0.1, -0.05) is 13.8 Å². The van der Waals surface area contributed by atoms with Crippen molar-refractivity contribution in [2.45, 2.75) is 46.6 Å². The van der Waals surface area contributed by atoms with E-state index in [-0.39, 0.29) is 17.9 Å². The molecule has 0 aromatic rings. The third kappa shape index (κ3) is 7.97. The first kappa shape index (κ1) is 13.9. The Hall–Kier alpha value is -1.06. The van der Waals surface area contributed by atoms with Crippen LogP contribution in [0, 0.1) is 5.92 Å². The van der Waals surface area contributed by atoms with E-state index in [0.717, 1.165) is 19.4 Å². The number of rotatable bonds is 6. The van der Waals surface area contributed by atoms with Gasteiger partial charge in [-0.05, 0) is 26.7 Å². The maximum absolute atomic E-state index is 11.3. The molecule has 3 N–H and O–H groups in total. The fourth-order valence-corrected chi connectivity index (χ4v) is 1.13. The summed E-state index contributed by atoms with van der Waals surface area (Å²) < 4.78 is 0. The van der Waals surface area contributed by atoms with Crippen molar-refractivity contribution in [1.29, 1.82) is 0 Å². The highest BCUT2D eigenvalue weighted by molar-refractivity contribution is 5.78. The Labute approximate surface area is 92.3 Å². The number of hydrogen-bond donors (Lipinski definition) is 2. The first-order chi connectivity index (χ1) is 6.93. The minimum absolute atomic E-state index is 0.0526. The molecular weight excluding hydrogens is 190 g/mol. The lowest BCUT2D eigenvalue weighted by Gasteiger charge is -2.14. The Balaban J connectivity index is 3.62. The quantitative estimate of drug-likeness (QED) is 0.397. The largest absolute Gasteiger partial charge is 0.388 e. The van der Waals surface area contributed by atoms with Crippen LogP contribution >= 0.6 is 0 Å². The fourth-order valence-electron chi connectivity index (χ4n) is 1.13. The summed E-state index contributed by atoms with van der Waals surface area (Å²) in [5.41, 5.74) is 5.41. The van der Waals surface area contributed by atoms with E-state index in [2.05, 4.69) is 10.3 Å². The summed E-state index contributed by atoms with van der Waals surface area (Å²) in [6.45, 7) is 8.32. The van der Waals surface area contributed by atoms with Crippen LogP contribution in [0.3, 0.4) is 0 Å². The number of carbonyl (C=O) groups excluding carboxylic acids is 1. The molecule has 0 bridgehead atoms. The van der Waals surface area contributed by atoms with Crippen LogP contribution in [0.5, 0.6) is 0 Å². The van der Waals surface area contributed by atoms with E-state index in [1.54, 1.807) is 6.92 Å². The average Bonchev–Trinajstić information content (AvgIpc) is 2.12. The summed E-state index contributed by atoms with van der Waals surface area (Å²) in [7, 11) is 0. The first-order valence-electron chi connectivity index (χ1n) is 5.50. The van der Waals surface area contributed by atoms with E-state index in [0.29, 0.717) is 5.84 Å². The predicted molar refractivity (Wildman–Crippen MR) is 63.8 cm³/mol. The molecule has 0 saturated heterocycles. The molecule has 0 fully saturated rings. The van der Waals surface area contributed by atoms with Crippen molar-refractivity contribution in [2.24, 2.45) is 16.6 Å². The molecule has 0 saturated carbocycles. The summed E-state index contributed by atoms with van der Waals surface area (Å²) in [6.07, 6.45) is 1.89. The number of carbonyl (C=O) groups is 1. The standard InChI is InChI=1S/C11H23N3O/c1-8(2)11(15)14-9(3)6-5-7-13-10(4)12/h8-9H,5-7H2,1-4H3,(H2,12,13)(H,14,15). The van der Waals surface area contributed by atoms with Crippen molar-refractivity contribution in [3.05, 3.63) is 0 Å². The van der Waals surface area contributed by atoms with Gasteiger partial charge >= 0.3 is 0 Å². The van der Waals surface area contributed by atoms with E-state index in [9.17, 15) is 4.79 Å². The Morgan fingerprint density at radius 3 is 2.47 bits per heavy atom. The zero-order valence-corrected chi connectivity index (χ0v) is 10.2. The van der Waals surface area contributed by atoms with Crippen molar-refractivity contribution in [1.82, 2.24) is 5.32 Å². The monoisotopic (exact) mass is 213 g/mol. The molecule has 88 valence electrons. The molecule has 0 aliphatic carbocycles. The Morgan fingerprint density at radius 2 is 2.00 bits per heavy atom. The summed E-state index contributed by atoms with van der Waals surface area (Å²) in [5.74, 6) is 0.784. The number of nitrogens with one attached hydrogen (secondary N) is 1. The van der Waals surface area contributed by atoms with Crippen LogP contribution in [0.1, 0.15) is 40.5 Å². The summed E-state index contributed by atoms with van der Waals surface area (Å²) in [5, 5.41) is 2.95. The van der Waals surface area contributed by atoms with Gasteiger partial charge in [0.2, 0.25) is 5.91 Å². The summed E-state index contributed by atoms with van der Waals surface area (Å²) in [4.78, 5) is 15.4. The lowest BCUT2D eigenvalue weighted by atomic mass is 10.1. The van der Waals surface area contributed by atoms with Crippen molar-refractivity contribution in [3.63, 3.8) is 0 Å². The molecule has 0 rings (SSSR count). The van der Waals surface area contributed by atoms with E-state index in [1.807, 2.05) is 20.8 Å². The molecule has 1 atom stereocenters. The second kappa shape index (κ2) is 7.26. The molecule has 0 aromatic carbocycles. The van der Waals surface area contributed by atoms with Gasteiger partial charge in [0, 0.05) is 18.5 Å². The van der Waals surface area contributed by atoms with Crippen molar-refractivity contribution in [2.75, 3.05) is 6.54 Å². The number of nitrogens with zero attached hydrogens (tertiary/aromatic N) is 1. The van der Waals surface area contributed by atoms with Gasteiger partial charge in [-0.2, -0.15) is 0 Å². The Kier molecular flexibility index (Phi) is 6.75.